The number of aliphatic imine (C=N–C) groups is 1. The molecule has 6 nitrogen and oxygen atoms in total. The van der Waals surface area contributed by atoms with E-state index in [9.17, 15) is 0 Å². The van der Waals surface area contributed by atoms with Crippen molar-refractivity contribution >= 4 is 29.9 Å². The molecule has 0 bridgehead atoms. The van der Waals surface area contributed by atoms with Gasteiger partial charge in [-0.05, 0) is 32.6 Å². The molecule has 2 rings (SSSR count). The quantitative estimate of drug-likeness (QED) is 0.261. The number of likely N-dealkylation sites (tertiary alicyclic amines) is 1. The average Bonchev–Trinajstić information content (AvgIpc) is 2.62. The number of nitrogens with one attached hydrogen (secondary N) is 1. The highest BCUT2D eigenvalue weighted by molar-refractivity contribution is 14.0. The van der Waals surface area contributed by atoms with Crippen LogP contribution in [0.3, 0.4) is 0 Å². The second-order valence-electron chi connectivity index (χ2n) is 8.01. The molecule has 0 aromatic carbocycles. The number of halogens is 1. The highest BCUT2D eigenvalue weighted by Gasteiger charge is 2.58. The molecule has 7 heteroatoms. The van der Waals surface area contributed by atoms with Crippen molar-refractivity contribution in [3.63, 3.8) is 0 Å². The molecule has 1 aliphatic heterocycles. The van der Waals surface area contributed by atoms with Gasteiger partial charge in [0, 0.05) is 59.0 Å². The number of guanidine groups is 1. The number of hydrogen-bond donors (Lipinski definition) is 1. The summed E-state index contributed by atoms with van der Waals surface area (Å²) < 4.78 is 16.7. The lowest BCUT2D eigenvalue weighted by Crippen LogP contribution is -2.69. The largest absolute Gasteiger partial charge is 0.385 e. The second-order valence-corrected chi connectivity index (χ2v) is 8.01. The number of nitrogens with zero attached hydrogens (tertiary/aromatic N) is 2. The van der Waals surface area contributed by atoms with Crippen LogP contribution in [-0.4, -0.2) is 76.2 Å². The van der Waals surface area contributed by atoms with Gasteiger partial charge < -0.3 is 24.4 Å². The number of hydrogen-bond acceptors (Lipinski definition) is 4. The summed E-state index contributed by atoms with van der Waals surface area (Å²) in [5.74, 6) is 1.01. The fraction of sp³-hybridized carbons (Fsp3) is 0.947. The van der Waals surface area contributed by atoms with Crippen LogP contribution in [0.2, 0.25) is 0 Å². The minimum atomic E-state index is -0.0629. The number of ether oxygens (including phenoxy) is 3. The maximum Gasteiger partial charge on any atom is 0.193 e. The monoisotopic (exact) mass is 483 g/mol. The summed E-state index contributed by atoms with van der Waals surface area (Å²) in [7, 11) is 5.41. The van der Waals surface area contributed by atoms with Crippen molar-refractivity contribution < 1.29 is 14.2 Å². The maximum atomic E-state index is 5.95. The Bertz CT molecular complexity index is 453. The Morgan fingerprint density at radius 2 is 1.81 bits per heavy atom. The molecule has 1 saturated carbocycles. The van der Waals surface area contributed by atoms with Crippen LogP contribution < -0.4 is 5.32 Å². The van der Waals surface area contributed by atoms with E-state index in [4.69, 9.17) is 14.2 Å². The zero-order chi connectivity index (χ0) is 18.5. The average molecular weight is 483 g/mol. The van der Waals surface area contributed by atoms with Gasteiger partial charge in [-0.25, -0.2) is 0 Å². The lowest BCUT2D eigenvalue weighted by atomic mass is 9.56. The van der Waals surface area contributed by atoms with E-state index >= 15 is 0 Å². The Morgan fingerprint density at radius 3 is 2.31 bits per heavy atom. The molecule has 0 amide bonds. The fourth-order valence-corrected chi connectivity index (χ4v) is 3.86. The first-order valence-electron chi connectivity index (χ1n) is 9.52. The first kappa shape index (κ1) is 23.9. The van der Waals surface area contributed by atoms with Gasteiger partial charge in [0.25, 0.3) is 0 Å². The van der Waals surface area contributed by atoms with Crippen molar-refractivity contribution in [2.24, 2.45) is 10.4 Å². The van der Waals surface area contributed by atoms with E-state index in [-0.39, 0.29) is 35.0 Å². The van der Waals surface area contributed by atoms with E-state index in [1.54, 1.807) is 7.11 Å². The second kappa shape index (κ2) is 10.4. The molecule has 1 heterocycles. The highest BCUT2D eigenvalue weighted by atomic mass is 127. The minimum absolute atomic E-state index is 0. The van der Waals surface area contributed by atoms with Gasteiger partial charge in [-0.1, -0.05) is 13.8 Å². The summed E-state index contributed by atoms with van der Waals surface area (Å²) in [5.41, 5.74) is 0.0209. The Balaban J connectivity index is 0.00000338. The van der Waals surface area contributed by atoms with E-state index in [1.807, 2.05) is 14.2 Å². The predicted octanol–water partition coefficient (Wildman–Crippen LogP) is 2.90. The van der Waals surface area contributed by atoms with Crippen LogP contribution in [0.5, 0.6) is 0 Å². The molecular weight excluding hydrogens is 445 g/mol. The van der Waals surface area contributed by atoms with Gasteiger partial charge in [0.2, 0.25) is 0 Å². The van der Waals surface area contributed by atoms with Crippen LogP contribution in [0.15, 0.2) is 4.99 Å². The molecule has 2 aliphatic rings. The molecule has 1 N–H and O–H groups in total. The topological polar surface area (TPSA) is 55.3 Å². The zero-order valence-corrected chi connectivity index (χ0v) is 19.7. The summed E-state index contributed by atoms with van der Waals surface area (Å²) in [5, 5.41) is 3.67. The van der Waals surface area contributed by atoms with Crippen LogP contribution in [0.1, 0.15) is 46.5 Å². The molecule has 0 aromatic heterocycles. The molecule has 154 valence electrons. The minimum Gasteiger partial charge on any atom is -0.385 e. The van der Waals surface area contributed by atoms with Crippen molar-refractivity contribution in [1.29, 1.82) is 0 Å². The lowest BCUT2D eigenvalue weighted by Gasteiger charge is -2.59. The normalized spacial score (nSPS) is 29.1. The molecular formula is C19H38IN3O3. The molecule has 2 fully saturated rings. The Labute approximate surface area is 176 Å². The van der Waals surface area contributed by atoms with Crippen LogP contribution in [0.4, 0.5) is 0 Å². The van der Waals surface area contributed by atoms with E-state index < -0.39 is 0 Å². The maximum absolute atomic E-state index is 5.95. The van der Waals surface area contributed by atoms with E-state index in [0.29, 0.717) is 12.1 Å². The first-order chi connectivity index (χ1) is 11.9. The third kappa shape index (κ3) is 5.23. The molecule has 0 spiro atoms. The molecule has 26 heavy (non-hydrogen) atoms. The van der Waals surface area contributed by atoms with Gasteiger partial charge in [-0.2, -0.15) is 0 Å². The van der Waals surface area contributed by atoms with Crippen molar-refractivity contribution in [1.82, 2.24) is 10.2 Å². The van der Waals surface area contributed by atoms with Crippen molar-refractivity contribution in [2.45, 2.75) is 64.2 Å². The van der Waals surface area contributed by atoms with Gasteiger partial charge in [-0.15, -0.1) is 24.0 Å². The first-order valence-corrected chi connectivity index (χ1v) is 9.52. The summed E-state index contributed by atoms with van der Waals surface area (Å²) in [6, 6.07) is 0.388. The van der Waals surface area contributed by atoms with Gasteiger partial charge in [0.15, 0.2) is 5.96 Å². The van der Waals surface area contributed by atoms with E-state index in [0.717, 1.165) is 57.9 Å². The smallest absolute Gasteiger partial charge is 0.193 e. The zero-order valence-electron chi connectivity index (χ0n) is 17.3. The molecule has 0 aromatic rings. The van der Waals surface area contributed by atoms with Crippen molar-refractivity contribution in [3.8, 4) is 0 Å². The van der Waals surface area contributed by atoms with Gasteiger partial charge in [-0.3, -0.25) is 4.99 Å². The molecule has 0 radical (unpaired) electrons. The Hall–Kier alpha value is -0.120. The lowest BCUT2D eigenvalue weighted by molar-refractivity contribution is -0.177. The Kier molecular flexibility index (Phi) is 9.60. The summed E-state index contributed by atoms with van der Waals surface area (Å²) in [6.07, 6.45) is 4.45. The van der Waals surface area contributed by atoms with Crippen molar-refractivity contribution in [2.75, 3.05) is 47.6 Å². The molecule has 2 atom stereocenters. The molecule has 2 unspecified atom stereocenters. The summed E-state index contributed by atoms with van der Waals surface area (Å²) in [6.45, 7) is 10.3. The fourth-order valence-electron chi connectivity index (χ4n) is 3.86. The Morgan fingerprint density at radius 1 is 1.15 bits per heavy atom. The molecule has 1 aliphatic carbocycles. The van der Waals surface area contributed by atoms with Crippen LogP contribution in [-0.2, 0) is 14.2 Å². The predicted molar refractivity (Wildman–Crippen MR) is 117 cm³/mol. The van der Waals surface area contributed by atoms with E-state index in [2.05, 4.69) is 36.0 Å². The van der Waals surface area contributed by atoms with Crippen LogP contribution >= 0.6 is 24.0 Å². The van der Waals surface area contributed by atoms with Crippen molar-refractivity contribution in [3.05, 3.63) is 0 Å². The SMILES string of the molecule is CN=C(NC1CC(C)(OC)C1(C)C)N1CCC(OCCCOC)CC1.I. The summed E-state index contributed by atoms with van der Waals surface area (Å²) >= 11 is 0. The van der Waals surface area contributed by atoms with Crippen LogP contribution in [0.25, 0.3) is 0 Å². The summed E-state index contributed by atoms with van der Waals surface area (Å²) in [4.78, 5) is 6.87. The van der Waals surface area contributed by atoms with Gasteiger partial charge in [0.1, 0.15) is 0 Å². The number of piperidine rings is 1. The van der Waals surface area contributed by atoms with Gasteiger partial charge in [0.05, 0.1) is 11.7 Å². The highest BCUT2D eigenvalue weighted by Crippen LogP contribution is 2.51. The van der Waals surface area contributed by atoms with Crippen LogP contribution in [0, 0.1) is 5.41 Å². The van der Waals surface area contributed by atoms with Gasteiger partial charge >= 0.3 is 0 Å². The number of rotatable bonds is 7. The standard InChI is InChI=1S/C19H37N3O3.HI/c1-18(2)16(14-19(18,3)24-6)21-17(20-4)22-10-8-15(9-11-22)25-13-7-12-23-5;/h15-16H,7-14H2,1-6H3,(H,20,21);1H. The third-order valence-corrected chi connectivity index (χ3v) is 6.38. The molecule has 1 saturated heterocycles. The third-order valence-electron chi connectivity index (χ3n) is 6.38. The number of methoxy groups -OCH3 is 2. The van der Waals surface area contributed by atoms with E-state index in [1.165, 1.54) is 0 Å².